The SMILES string of the molecule is CCOC(=O)[C@@H]1CCC[NH+](CC(=O)Nc2sc3c(c2C#N)CCC3)C1. The van der Waals surface area contributed by atoms with E-state index in [9.17, 15) is 14.9 Å². The first-order chi connectivity index (χ1) is 12.1. The van der Waals surface area contributed by atoms with Crippen LogP contribution >= 0.6 is 11.3 Å². The third kappa shape index (κ3) is 4.02. The molecule has 1 aliphatic carbocycles. The highest BCUT2D eigenvalue weighted by Crippen LogP contribution is 2.38. The van der Waals surface area contributed by atoms with Crippen LogP contribution in [0.15, 0.2) is 0 Å². The molecular weight excluding hydrogens is 338 g/mol. The minimum absolute atomic E-state index is 0.0871. The second-order valence-electron chi connectivity index (χ2n) is 6.69. The van der Waals surface area contributed by atoms with E-state index in [-0.39, 0.29) is 17.8 Å². The Labute approximate surface area is 151 Å². The van der Waals surface area contributed by atoms with E-state index in [0.717, 1.165) is 49.1 Å². The number of fused-ring (bicyclic) bond motifs is 1. The summed E-state index contributed by atoms with van der Waals surface area (Å²) in [6.45, 7) is 4.05. The van der Waals surface area contributed by atoms with Crippen molar-refractivity contribution >= 4 is 28.2 Å². The standard InChI is InChI=1S/C18H23N3O3S/c1-2-24-18(23)12-5-4-8-21(10-12)11-16(22)20-17-14(9-19)13-6-3-7-15(13)25-17/h12H,2-8,10-11H2,1H3,(H,20,22)/p+1/t12-/m1/s1. The van der Waals surface area contributed by atoms with Gasteiger partial charge in [0.1, 0.15) is 17.0 Å². The summed E-state index contributed by atoms with van der Waals surface area (Å²) in [4.78, 5) is 26.7. The molecule has 0 bridgehead atoms. The number of esters is 1. The maximum atomic E-state index is 12.4. The number of carbonyl (C=O) groups excluding carboxylic acids is 2. The first-order valence-corrected chi connectivity index (χ1v) is 9.78. The maximum Gasteiger partial charge on any atom is 0.314 e. The van der Waals surface area contributed by atoms with Crippen LogP contribution in [-0.2, 0) is 27.2 Å². The first-order valence-electron chi connectivity index (χ1n) is 8.97. The zero-order valence-corrected chi connectivity index (χ0v) is 15.3. The first kappa shape index (κ1) is 17.9. The fraction of sp³-hybridized carbons (Fsp3) is 0.611. The summed E-state index contributed by atoms with van der Waals surface area (Å²) >= 11 is 1.54. The van der Waals surface area contributed by atoms with E-state index < -0.39 is 0 Å². The summed E-state index contributed by atoms with van der Waals surface area (Å²) in [7, 11) is 0. The van der Waals surface area contributed by atoms with Gasteiger partial charge in [-0.05, 0) is 44.6 Å². The van der Waals surface area contributed by atoms with Gasteiger partial charge in [0.25, 0.3) is 5.91 Å². The molecule has 2 atom stereocenters. The number of rotatable bonds is 5. The zero-order valence-electron chi connectivity index (χ0n) is 14.5. The lowest BCUT2D eigenvalue weighted by molar-refractivity contribution is -0.899. The Bertz CT molecular complexity index is 707. The highest BCUT2D eigenvalue weighted by atomic mass is 32.1. The predicted octanol–water partition coefficient (Wildman–Crippen LogP) is 0.905. The molecular formula is C18H24N3O3S+. The van der Waals surface area contributed by atoms with Crippen LogP contribution in [0.25, 0.3) is 0 Å². The van der Waals surface area contributed by atoms with Crippen LogP contribution in [0.2, 0.25) is 0 Å². The molecule has 0 spiro atoms. The number of ether oxygens (including phenoxy) is 1. The van der Waals surface area contributed by atoms with Gasteiger partial charge in [0.2, 0.25) is 0 Å². The molecule has 1 aromatic rings. The number of piperidine rings is 1. The van der Waals surface area contributed by atoms with Crippen LogP contribution in [0.5, 0.6) is 0 Å². The number of amides is 1. The van der Waals surface area contributed by atoms with Gasteiger partial charge in [-0.1, -0.05) is 0 Å². The second kappa shape index (κ2) is 7.98. The lowest BCUT2D eigenvalue weighted by Gasteiger charge is -2.28. The highest BCUT2D eigenvalue weighted by Gasteiger charge is 2.31. The van der Waals surface area contributed by atoms with Crippen molar-refractivity contribution in [3.63, 3.8) is 0 Å². The van der Waals surface area contributed by atoms with Crippen molar-refractivity contribution in [2.45, 2.75) is 39.0 Å². The van der Waals surface area contributed by atoms with Crippen molar-refractivity contribution in [2.24, 2.45) is 5.92 Å². The van der Waals surface area contributed by atoms with Crippen LogP contribution in [0.3, 0.4) is 0 Å². The molecule has 7 heteroatoms. The van der Waals surface area contributed by atoms with Gasteiger partial charge in [0.05, 0.1) is 25.3 Å². The normalized spacial score (nSPS) is 22.1. The summed E-state index contributed by atoms with van der Waals surface area (Å²) < 4.78 is 5.11. The fourth-order valence-electron chi connectivity index (χ4n) is 3.78. The van der Waals surface area contributed by atoms with E-state index in [2.05, 4.69) is 11.4 Å². The van der Waals surface area contributed by atoms with Crippen LogP contribution in [-0.4, -0.2) is 38.1 Å². The van der Waals surface area contributed by atoms with Crippen molar-refractivity contribution in [2.75, 3.05) is 31.6 Å². The minimum atomic E-state index is -0.151. The summed E-state index contributed by atoms with van der Waals surface area (Å²) in [6, 6.07) is 2.25. The highest BCUT2D eigenvalue weighted by molar-refractivity contribution is 7.16. The molecule has 1 saturated heterocycles. The minimum Gasteiger partial charge on any atom is -0.466 e. The number of anilines is 1. The van der Waals surface area contributed by atoms with E-state index in [4.69, 9.17) is 4.74 Å². The zero-order chi connectivity index (χ0) is 17.8. The molecule has 2 heterocycles. The number of hydrogen-bond donors (Lipinski definition) is 2. The quantitative estimate of drug-likeness (QED) is 0.763. The molecule has 1 amide bonds. The molecule has 1 aliphatic heterocycles. The Kier molecular flexibility index (Phi) is 5.71. The van der Waals surface area contributed by atoms with Gasteiger partial charge in [-0.2, -0.15) is 5.26 Å². The largest absolute Gasteiger partial charge is 0.466 e. The van der Waals surface area contributed by atoms with Crippen molar-refractivity contribution in [3.8, 4) is 6.07 Å². The van der Waals surface area contributed by atoms with Crippen LogP contribution < -0.4 is 10.2 Å². The molecule has 0 radical (unpaired) electrons. The van der Waals surface area contributed by atoms with E-state index in [1.165, 1.54) is 16.2 Å². The maximum absolute atomic E-state index is 12.4. The third-order valence-electron chi connectivity index (χ3n) is 4.93. The number of nitrogens with zero attached hydrogens (tertiary/aromatic N) is 1. The summed E-state index contributed by atoms with van der Waals surface area (Å²) in [5.74, 6) is -0.353. The lowest BCUT2D eigenvalue weighted by atomic mass is 9.98. The van der Waals surface area contributed by atoms with Gasteiger partial charge >= 0.3 is 5.97 Å². The fourth-order valence-corrected chi connectivity index (χ4v) is 5.04. The number of quaternary nitrogens is 1. The van der Waals surface area contributed by atoms with Gasteiger partial charge in [0.15, 0.2) is 6.54 Å². The number of nitriles is 1. The van der Waals surface area contributed by atoms with Gasteiger partial charge in [-0.25, -0.2) is 0 Å². The van der Waals surface area contributed by atoms with Gasteiger partial charge in [0, 0.05) is 4.88 Å². The van der Waals surface area contributed by atoms with E-state index in [1.807, 2.05) is 6.92 Å². The Balaban J connectivity index is 1.58. The second-order valence-corrected chi connectivity index (χ2v) is 7.80. The van der Waals surface area contributed by atoms with Gasteiger partial charge in [-0.3, -0.25) is 9.59 Å². The molecule has 2 N–H and O–H groups in total. The predicted molar refractivity (Wildman–Crippen MR) is 94.6 cm³/mol. The molecule has 25 heavy (non-hydrogen) atoms. The average molecular weight is 362 g/mol. The van der Waals surface area contributed by atoms with Crippen LogP contribution in [0.1, 0.15) is 42.2 Å². The molecule has 6 nitrogen and oxygen atoms in total. The Morgan fingerprint density at radius 1 is 1.40 bits per heavy atom. The number of hydrogen-bond acceptors (Lipinski definition) is 5. The Morgan fingerprint density at radius 2 is 2.24 bits per heavy atom. The molecule has 1 fully saturated rings. The van der Waals surface area contributed by atoms with E-state index >= 15 is 0 Å². The Hall–Kier alpha value is -1.91. The molecule has 0 saturated carbocycles. The third-order valence-corrected chi connectivity index (χ3v) is 6.14. The van der Waals surface area contributed by atoms with Crippen molar-refractivity contribution < 1.29 is 19.2 Å². The monoisotopic (exact) mass is 362 g/mol. The number of thiophene rings is 1. The topological polar surface area (TPSA) is 83.6 Å². The molecule has 1 aromatic heterocycles. The Morgan fingerprint density at radius 3 is 3.00 bits per heavy atom. The van der Waals surface area contributed by atoms with Crippen LogP contribution in [0.4, 0.5) is 5.00 Å². The number of carbonyl (C=O) groups is 2. The van der Waals surface area contributed by atoms with Gasteiger partial charge in [-0.15, -0.1) is 11.3 Å². The average Bonchev–Trinajstić information content (AvgIpc) is 3.15. The van der Waals surface area contributed by atoms with Gasteiger partial charge < -0.3 is 15.0 Å². The smallest absolute Gasteiger partial charge is 0.314 e. The molecule has 134 valence electrons. The van der Waals surface area contributed by atoms with Crippen molar-refractivity contribution in [3.05, 3.63) is 16.0 Å². The van der Waals surface area contributed by atoms with Crippen molar-refractivity contribution in [1.29, 1.82) is 5.26 Å². The van der Waals surface area contributed by atoms with E-state index in [0.29, 0.717) is 30.3 Å². The molecule has 1 unspecified atom stereocenters. The summed E-state index contributed by atoms with van der Waals surface area (Å²) in [5.41, 5.74) is 1.76. The summed E-state index contributed by atoms with van der Waals surface area (Å²) in [5, 5.41) is 13.0. The summed E-state index contributed by atoms with van der Waals surface area (Å²) in [6.07, 6.45) is 4.78. The number of likely N-dealkylation sites (tertiary alicyclic amines) is 1. The molecule has 0 aromatic carbocycles. The molecule has 3 rings (SSSR count). The molecule has 2 aliphatic rings. The van der Waals surface area contributed by atoms with E-state index in [1.54, 1.807) is 0 Å². The lowest BCUT2D eigenvalue weighted by Crippen LogP contribution is -3.14. The number of nitrogens with one attached hydrogen (secondary N) is 2. The van der Waals surface area contributed by atoms with Crippen molar-refractivity contribution in [1.82, 2.24) is 0 Å². The van der Waals surface area contributed by atoms with Crippen LogP contribution in [0, 0.1) is 17.2 Å². The number of aryl methyl sites for hydroxylation is 1.